The number of amides is 3. The molecule has 5 rings (SSSR count). The van der Waals surface area contributed by atoms with Gasteiger partial charge in [-0.2, -0.15) is 0 Å². The first kappa shape index (κ1) is 28.5. The molecule has 3 aliphatic rings. The molecule has 2 unspecified atom stereocenters. The van der Waals surface area contributed by atoms with Crippen LogP contribution in [0.4, 0.5) is 11.4 Å². The van der Waals surface area contributed by atoms with Gasteiger partial charge < -0.3 is 25.4 Å². The van der Waals surface area contributed by atoms with E-state index in [1.165, 1.54) is 0 Å². The van der Waals surface area contributed by atoms with E-state index < -0.39 is 22.6 Å². The first-order chi connectivity index (χ1) is 19.3. The standard InChI is InChI=1S/C31H39N3O5S/c1-4-39-22-13-11-21(12-14-22)32-28(36)24-23-15-16-31(40-23)25(24)30(38)34(17-6-5-7-18-35)27(31)29(37)33-26-19(2)9-8-10-20(26)3/h8-14,23-25,27,35H,4-7,15-18H2,1-3H3,(H,32,36)(H,33,37)/t23-,24+,25-,27?,31?/m0/s1. The molecule has 2 aromatic carbocycles. The fraction of sp³-hybridized carbons (Fsp3) is 0.516. The number of carbonyl (C=O) groups excluding carboxylic acids is 3. The van der Waals surface area contributed by atoms with Crippen LogP contribution >= 0.6 is 11.8 Å². The molecule has 3 fully saturated rings. The molecule has 3 amide bonds. The van der Waals surface area contributed by atoms with Gasteiger partial charge in [-0.3, -0.25) is 14.4 Å². The molecule has 0 radical (unpaired) electrons. The Bertz CT molecular complexity index is 1250. The van der Waals surface area contributed by atoms with Crippen molar-refractivity contribution in [2.24, 2.45) is 11.8 Å². The minimum absolute atomic E-state index is 0.0105. The van der Waals surface area contributed by atoms with Gasteiger partial charge in [0.2, 0.25) is 17.7 Å². The van der Waals surface area contributed by atoms with Crippen molar-refractivity contribution in [3.63, 3.8) is 0 Å². The zero-order chi connectivity index (χ0) is 28.4. The third-order valence-corrected chi connectivity index (χ3v) is 10.5. The highest BCUT2D eigenvalue weighted by molar-refractivity contribution is 8.02. The molecular formula is C31H39N3O5S. The van der Waals surface area contributed by atoms with E-state index in [1.807, 2.05) is 63.2 Å². The Labute approximate surface area is 240 Å². The van der Waals surface area contributed by atoms with Crippen LogP contribution in [-0.4, -0.2) is 63.5 Å². The fourth-order valence-electron chi connectivity index (χ4n) is 6.79. The number of rotatable bonds is 11. The van der Waals surface area contributed by atoms with E-state index in [4.69, 9.17) is 4.74 Å². The second-order valence-corrected chi connectivity index (χ2v) is 12.7. The lowest BCUT2D eigenvalue weighted by Gasteiger charge is -2.34. The topological polar surface area (TPSA) is 108 Å². The number of nitrogens with zero attached hydrogens (tertiary/aromatic N) is 1. The number of carbonyl (C=O) groups is 3. The van der Waals surface area contributed by atoms with Gasteiger partial charge in [-0.15, -0.1) is 11.8 Å². The number of likely N-dealkylation sites (tertiary alicyclic amines) is 1. The van der Waals surface area contributed by atoms with Crippen molar-refractivity contribution in [1.29, 1.82) is 0 Å². The average Bonchev–Trinajstić information content (AvgIpc) is 3.57. The zero-order valence-electron chi connectivity index (χ0n) is 23.4. The summed E-state index contributed by atoms with van der Waals surface area (Å²) in [4.78, 5) is 43.6. The van der Waals surface area contributed by atoms with Crippen molar-refractivity contribution in [2.75, 3.05) is 30.4 Å². The molecule has 0 aromatic heterocycles. The number of fused-ring (bicyclic) bond motifs is 1. The number of aryl methyl sites for hydroxylation is 2. The molecule has 40 heavy (non-hydrogen) atoms. The van der Waals surface area contributed by atoms with Crippen molar-refractivity contribution in [1.82, 2.24) is 4.90 Å². The molecule has 0 saturated carbocycles. The highest BCUT2D eigenvalue weighted by atomic mass is 32.2. The Kier molecular flexibility index (Phi) is 8.42. The summed E-state index contributed by atoms with van der Waals surface area (Å²) in [6, 6.07) is 12.5. The molecule has 3 N–H and O–H groups in total. The summed E-state index contributed by atoms with van der Waals surface area (Å²) in [5.41, 5.74) is 3.38. The van der Waals surface area contributed by atoms with Crippen LogP contribution in [0.15, 0.2) is 42.5 Å². The van der Waals surface area contributed by atoms with Crippen LogP contribution < -0.4 is 15.4 Å². The Morgan fingerprint density at radius 2 is 1.77 bits per heavy atom. The van der Waals surface area contributed by atoms with E-state index in [2.05, 4.69) is 10.6 Å². The van der Waals surface area contributed by atoms with Gasteiger partial charge in [0, 0.05) is 29.8 Å². The maximum absolute atomic E-state index is 14.1. The van der Waals surface area contributed by atoms with Crippen molar-refractivity contribution in [2.45, 2.75) is 68.9 Å². The quantitative estimate of drug-likeness (QED) is 0.346. The summed E-state index contributed by atoms with van der Waals surface area (Å²) in [5, 5.41) is 15.4. The molecule has 3 saturated heterocycles. The van der Waals surface area contributed by atoms with Crippen LogP contribution in [0, 0.1) is 25.7 Å². The molecular weight excluding hydrogens is 526 g/mol. The van der Waals surface area contributed by atoms with E-state index >= 15 is 0 Å². The summed E-state index contributed by atoms with van der Waals surface area (Å²) in [7, 11) is 0. The molecule has 2 bridgehead atoms. The molecule has 0 aliphatic carbocycles. The molecule has 8 nitrogen and oxygen atoms in total. The number of hydrogen-bond donors (Lipinski definition) is 3. The average molecular weight is 566 g/mol. The van der Waals surface area contributed by atoms with Crippen molar-refractivity contribution in [3.8, 4) is 5.75 Å². The number of hydrogen-bond acceptors (Lipinski definition) is 6. The van der Waals surface area contributed by atoms with E-state index in [-0.39, 0.29) is 29.6 Å². The minimum Gasteiger partial charge on any atom is -0.494 e. The van der Waals surface area contributed by atoms with E-state index in [9.17, 15) is 19.5 Å². The lowest BCUT2D eigenvalue weighted by atomic mass is 9.70. The lowest BCUT2D eigenvalue weighted by molar-refractivity contribution is -0.138. The number of aliphatic hydroxyl groups excluding tert-OH is 1. The second-order valence-electron chi connectivity index (χ2n) is 11.1. The smallest absolute Gasteiger partial charge is 0.248 e. The van der Waals surface area contributed by atoms with Gasteiger partial charge in [0.25, 0.3) is 0 Å². The van der Waals surface area contributed by atoms with E-state index in [0.29, 0.717) is 31.7 Å². The molecule has 5 atom stereocenters. The van der Waals surface area contributed by atoms with Crippen molar-refractivity contribution >= 4 is 40.9 Å². The first-order valence-corrected chi connectivity index (χ1v) is 15.2. The maximum atomic E-state index is 14.1. The molecule has 3 aliphatic heterocycles. The van der Waals surface area contributed by atoms with E-state index in [0.717, 1.165) is 41.8 Å². The van der Waals surface area contributed by atoms with E-state index in [1.54, 1.807) is 16.7 Å². The number of anilines is 2. The Balaban J connectivity index is 1.42. The molecule has 2 aromatic rings. The Hall–Kier alpha value is -3.04. The molecule has 214 valence electrons. The van der Waals surface area contributed by atoms with Crippen LogP contribution in [-0.2, 0) is 14.4 Å². The summed E-state index contributed by atoms with van der Waals surface area (Å²) in [5.74, 6) is -0.780. The van der Waals surface area contributed by atoms with Crippen LogP contribution in [0.1, 0.15) is 50.2 Å². The predicted molar refractivity (Wildman–Crippen MR) is 158 cm³/mol. The summed E-state index contributed by atoms with van der Waals surface area (Å²) in [6.45, 7) is 6.94. The summed E-state index contributed by atoms with van der Waals surface area (Å²) < 4.78 is 4.87. The number of nitrogens with one attached hydrogen (secondary N) is 2. The highest BCUT2D eigenvalue weighted by Gasteiger charge is 2.73. The fourth-order valence-corrected chi connectivity index (χ4v) is 9.01. The Morgan fingerprint density at radius 1 is 1.05 bits per heavy atom. The summed E-state index contributed by atoms with van der Waals surface area (Å²) in [6.07, 6.45) is 3.63. The van der Waals surface area contributed by atoms with Gasteiger partial charge in [-0.1, -0.05) is 18.2 Å². The van der Waals surface area contributed by atoms with Gasteiger partial charge in [-0.05, 0) is 88.3 Å². The van der Waals surface area contributed by atoms with Crippen molar-refractivity contribution < 1.29 is 24.2 Å². The van der Waals surface area contributed by atoms with Crippen LogP contribution in [0.25, 0.3) is 0 Å². The minimum atomic E-state index is -0.656. The molecule has 9 heteroatoms. The molecule has 1 spiro atoms. The normalized spacial score (nSPS) is 26.6. The third-order valence-electron chi connectivity index (χ3n) is 8.57. The van der Waals surface area contributed by atoms with Gasteiger partial charge >= 0.3 is 0 Å². The Morgan fingerprint density at radius 3 is 2.45 bits per heavy atom. The number of aliphatic hydroxyl groups is 1. The monoisotopic (exact) mass is 565 g/mol. The summed E-state index contributed by atoms with van der Waals surface area (Å²) >= 11 is 1.67. The predicted octanol–water partition coefficient (Wildman–Crippen LogP) is 4.53. The second kappa shape index (κ2) is 11.8. The van der Waals surface area contributed by atoms with Gasteiger partial charge in [0.05, 0.1) is 23.2 Å². The number of para-hydroxylation sites is 1. The van der Waals surface area contributed by atoms with Gasteiger partial charge in [-0.25, -0.2) is 0 Å². The number of ether oxygens (including phenoxy) is 1. The van der Waals surface area contributed by atoms with Gasteiger partial charge in [0.15, 0.2) is 0 Å². The number of unbranched alkanes of at least 4 members (excludes halogenated alkanes) is 2. The maximum Gasteiger partial charge on any atom is 0.248 e. The molecule has 3 heterocycles. The zero-order valence-corrected chi connectivity index (χ0v) is 24.3. The van der Waals surface area contributed by atoms with Crippen LogP contribution in [0.3, 0.4) is 0 Å². The largest absolute Gasteiger partial charge is 0.494 e. The van der Waals surface area contributed by atoms with Crippen LogP contribution in [0.2, 0.25) is 0 Å². The SMILES string of the molecule is CCOc1ccc(NC(=O)[C@@H]2[C@@H]3CCC4(S3)C(C(=O)Nc3c(C)cccc3C)N(CCCCCO)C(=O)[C@H]24)cc1. The van der Waals surface area contributed by atoms with Crippen LogP contribution in [0.5, 0.6) is 5.75 Å². The third kappa shape index (κ3) is 5.09. The highest BCUT2D eigenvalue weighted by Crippen LogP contribution is 2.66. The first-order valence-electron chi connectivity index (χ1n) is 14.3. The number of thioether (sulfide) groups is 1. The number of benzene rings is 2. The van der Waals surface area contributed by atoms with Gasteiger partial charge in [0.1, 0.15) is 11.8 Å². The lowest BCUT2D eigenvalue weighted by Crippen LogP contribution is -2.51. The van der Waals surface area contributed by atoms with Crippen molar-refractivity contribution in [3.05, 3.63) is 53.6 Å².